The van der Waals surface area contributed by atoms with Gasteiger partial charge < -0.3 is 11.1 Å². The molecule has 1 aromatic carbocycles. The highest BCUT2D eigenvalue weighted by Crippen LogP contribution is 2.30. The molecular weight excluding hydrogens is 352 g/mol. The fourth-order valence-corrected chi connectivity index (χ4v) is 4.13. The van der Waals surface area contributed by atoms with Gasteiger partial charge in [-0.15, -0.1) is 22.7 Å². The Morgan fingerprint density at radius 2 is 2.12 bits per heavy atom. The van der Waals surface area contributed by atoms with Crippen molar-refractivity contribution in [3.63, 3.8) is 0 Å². The van der Waals surface area contributed by atoms with E-state index in [0.29, 0.717) is 17.2 Å². The summed E-state index contributed by atoms with van der Waals surface area (Å²) in [6, 6.07) is 7.69. The number of nitrogen functional groups attached to an aromatic ring is 1. The van der Waals surface area contributed by atoms with Gasteiger partial charge in [0.1, 0.15) is 0 Å². The number of hydrogen-bond acceptors (Lipinski definition) is 6. The molecule has 0 fully saturated rings. The summed E-state index contributed by atoms with van der Waals surface area (Å²) < 4.78 is 0. The first kappa shape index (κ1) is 17.6. The Morgan fingerprint density at radius 3 is 2.80 bits per heavy atom. The number of nitrogens with two attached hydrogens (primary N) is 1. The van der Waals surface area contributed by atoms with Crippen LogP contribution in [0.15, 0.2) is 29.6 Å². The minimum Gasteiger partial charge on any atom is -0.375 e. The normalized spacial score (nSPS) is 10.8. The molecule has 3 rings (SSSR count). The van der Waals surface area contributed by atoms with Crippen molar-refractivity contribution in [2.75, 3.05) is 12.3 Å². The Bertz CT molecular complexity index is 885. The SMILES string of the molecule is Cc1nc(C)c(-c2cccc(C(=O)NCCCc3csc(N)n3)c2)s1. The maximum atomic E-state index is 12.4. The molecule has 25 heavy (non-hydrogen) atoms. The minimum absolute atomic E-state index is 0.0569. The summed E-state index contributed by atoms with van der Waals surface area (Å²) in [5.74, 6) is -0.0569. The summed E-state index contributed by atoms with van der Waals surface area (Å²) in [5.41, 5.74) is 9.30. The zero-order valence-corrected chi connectivity index (χ0v) is 15.8. The Balaban J connectivity index is 1.59. The van der Waals surface area contributed by atoms with Gasteiger partial charge in [-0.25, -0.2) is 9.97 Å². The molecule has 130 valence electrons. The van der Waals surface area contributed by atoms with Gasteiger partial charge in [0, 0.05) is 17.5 Å². The van der Waals surface area contributed by atoms with Crippen LogP contribution in [0.4, 0.5) is 5.13 Å². The fraction of sp³-hybridized carbons (Fsp3) is 0.278. The van der Waals surface area contributed by atoms with Crippen LogP contribution in [0, 0.1) is 13.8 Å². The van der Waals surface area contributed by atoms with Crippen LogP contribution in [-0.4, -0.2) is 22.4 Å². The third-order valence-corrected chi connectivity index (χ3v) is 5.60. The number of benzene rings is 1. The van der Waals surface area contributed by atoms with Crippen LogP contribution in [0.25, 0.3) is 10.4 Å². The third kappa shape index (κ3) is 4.43. The van der Waals surface area contributed by atoms with E-state index in [4.69, 9.17) is 5.73 Å². The lowest BCUT2D eigenvalue weighted by atomic mass is 10.1. The first-order valence-corrected chi connectivity index (χ1v) is 9.75. The Hall–Kier alpha value is -2.25. The van der Waals surface area contributed by atoms with E-state index in [1.165, 1.54) is 11.3 Å². The van der Waals surface area contributed by atoms with Gasteiger partial charge in [0.15, 0.2) is 5.13 Å². The number of nitrogens with zero attached hydrogens (tertiary/aromatic N) is 2. The van der Waals surface area contributed by atoms with Gasteiger partial charge in [0.2, 0.25) is 0 Å². The highest BCUT2D eigenvalue weighted by molar-refractivity contribution is 7.15. The van der Waals surface area contributed by atoms with E-state index < -0.39 is 0 Å². The highest BCUT2D eigenvalue weighted by atomic mass is 32.1. The number of carbonyl (C=O) groups is 1. The Kier molecular flexibility index (Phi) is 5.45. The van der Waals surface area contributed by atoms with Gasteiger partial charge in [-0.2, -0.15) is 0 Å². The summed E-state index contributed by atoms with van der Waals surface area (Å²) >= 11 is 3.09. The second-order valence-electron chi connectivity index (χ2n) is 5.76. The van der Waals surface area contributed by atoms with E-state index in [-0.39, 0.29) is 5.91 Å². The number of amides is 1. The molecule has 0 saturated heterocycles. The first-order chi connectivity index (χ1) is 12.0. The van der Waals surface area contributed by atoms with Crippen molar-refractivity contribution in [2.45, 2.75) is 26.7 Å². The molecule has 0 aliphatic rings. The molecule has 0 aliphatic heterocycles. The maximum Gasteiger partial charge on any atom is 0.251 e. The van der Waals surface area contributed by atoms with E-state index in [2.05, 4.69) is 15.3 Å². The number of hydrogen-bond donors (Lipinski definition) is 2. The largest absolute Gasteiger partial charge is 0.375 e. The van der Waals surface area contributed by atoms with Crippen molar-refractivity contribution in [1.29, 1.82) is 0 Å². The molecule has 0 spiro atoms. The summed E-state index contributed by atoms with van der Waals surface area (Å²) in [5, 5.41) is 6.55. The zero-order chi connectivity index (χ0) is 17.8. The molecule has 2 aromatic heterocycles. The minimum atomic E-state index is -0.0569. The molecule has 0 aliphatic carbocycles. The van der Waals surface area contributed by atoms with Gasteiger partial charge in [-0.1, -0.05) is 12.1 Å². The van der Waals surface area contributed by atoms with E-state index in [0.717, 1.165) is 39.7 Å². The van der Waals surface area contributed by atoms with Crippen LogP contribution < -0.4 is 11.1 Å². The van der Waals surface area contributed by atoms with Crippen molar-refractivity contribution < 1.29 is 4.79 Å². The molecule has 0 bridgehead atoms. The average Bonchev–Trinajstić information content (AvgIpc) is 3.16. The first-order valence-electron chi connectivity index (χ1n) is 8.05. The predicted molar refractivity (Wildman–Crippen MR) is 104 cm³/mol. The van der Waals surface area contributed by atoms with E-state index >= 15 is 0 Å². The van der Waals surface area contributed by atoms with E-state index in [1.807, 2.05) is 43.5 Å². The number of aromatic nitrogens is 2. The van der Waals surface area contributed by atoms with Crippen LogP contribution in [0.3, 0.4) is 0 Å². The molecule has 7 heteroatoms. The smallest absolute Gasteiger partial charge is 0.251 e. The molecule has 0 atom stereocenters. The third-order valence-electron chi connectivity index (χ3n) is 3.76. The lowest BCUT2D eigenvalue weighted by molar-refractivity contribution is 0.0953. The monoisotopic (exact) mass is 372 g/mol. The quantitative estimate of drug-likeness (QED) is 0.645. The molecule has 0 saturated carbocycles. The van der Waals surface area contributed by atoms with Gasteiger partial charge in [-0.3, -0.25) is 4.79 Å². The molecule has 0 radical (unpaired) electrons. The highest BCUT2D eigenvalue weighted by Gasteiger charge is 2.11. The van der Waals surface area contributed by atoms with Crippen molar-refractivity contribution in [2.24, 2.45) is 0 Å². The maximum absolute atomic E-state index is 12.4. The molecule has 1 amide bonds. The van der Waals surface area contributed by atoms with Gasteiger partial charge >= 0.3 is 0 Å². The topological polar surface area (TPSA) is 80.9 Å². The van der Waals surface area contributed by atoms with Crippen molar-refractivity contribution in [3.8, 4) is 10.4 Å². The summed E-state index contributed by atoms with van der Waals surface area (Å²) in [6.45, 7) is 4.60. The Morgan fingerprint density at radius 1 is 1.28 bits per heavy atom. The van der Waals surface area contributed by atoms with Crippen LogP contribution in [0.2, 0.25) is 0 Å². The van der Waals surface area contributed by atoms with Gasteiger partial charge in [-0.05, 0) is 44.4 Å². The zero-order valence-electron chi connectivity index (χ0n) is 14.2. The molecule has 5 nitrogen and oxygen atoms in total. The fourth-order valence-electron chi connectivity index (χ4n) is 2.61. The van der Waals surface area contributed by atoms with Crippen LogP contribution in [0.5, 0.6) is 0 Å². The van der Waals surface area contributed by atoms with Crippen LogP contribution in [-0.2, 0) is 6.42 Å². The molecule has 0 unspecified atom stereocenters. The number of nitrogens with one attached hydrogen (secondary N) is 1. The second kappa shape index (κ2) is 7.76. The molecule has 2 heterocycles. The van der Waals surface area contributed by atoms with E-state index in [9.17, 15) is 4.79 Å². The number of thiazole rings is 2. The van der Waals surface area contributed by atoms with Gasteiger partial charge in [0.25, 0.3) is 5.91 Å². The lowest BCUT2D eigenvalue weighted by Crippen LogP contribution is -2.24. The predicted octanol–water partition coefficient (Wildman–Crippen LogP) is 3.83. The second-order valence-corrected chi connectivity index (χ2v) is 7.86. The van der Waals surface area contributed by atoms with Crippen molar-refractivity contribution in [3.05, 3.63) is 51.6 Å². The number of anilines is 1. The Labute approximate surface area is 155 Å². The summed E-state index contributed by atoms with van der Waals surface area (Å²) in [7, 11) is 0. The molecule has 3 N–H and O–H groups in total. The summed E-state index contributed by atoms with van der Waals surface area (Å²) in [4.78, 5) is 22.2. The lowest BCUT2D eigenvalue weighted by Gasteiger charge is -2.06. The van der Waals surface area contributed by atoms with Crippen molar-refractivity contribution in [1.82, 2.24) is 15.3 Å². The number of carbonyl (C=O) groups excluding carboxylic acids is 1. The average molecular weight is 373 g/mol. The number of aryl methyl sites for hydroxylation is 3. The van der Waals surface area contributed by atoms with Gasteiger partial charge in [0.05, 0.1) is 21.3 Å². The van der Waals surface area contributed by atoms with Crippen molar-refractivity contribution >= 4 is 33.7 Å². The van der Waals surface area contributed by atoms with E-state index in [1.54, 1.807) is 11.3 Å². The summed E-state index contributed by atoms with van der Waals surface area (Å²) in [6.07, 6.45) is 1.65. The van der Waals surface area contributed by atoms with Crippen LogP contribution in [0.1, 0.15) is 33.2 Å². The number of rotatable bonds is 6. The molecule has 3 aromatic rings. The van der Waals surface area contributed by atoms with Crippen LogP contribution >= 0.6 is 22.7 Å². The standard InChI is InChI=1S/C18H20N4OS2/c1-11-16(25-12(2)21-11)13-5-3-6-14(9-13)17(23)20-8-4-7-15-10-24-18(19)22-15/h3,5-6,9-10H,4,7-8H2,1-2H3,(H2,19,22)(H,20,23). The molecular formula is C18H20N4OS2.